The van der Waals surface area contributed by atoms with Crippen molar-refractivity contribution in [1.82, 2.24) is 4.98 Å². The van der Waals surface area contributed by atoms with E-state index in [2.05, 4.69) is 31.4 Å². The number of hydrogen-bond acceptors (Lipinski definition) is 8. The summed E-state index contributed by atoms with van der Waals surface area (Å²) in [5.41, 5.74) is 5.40. The van der Waals surface area contributed by atoms with Crippen molar-refractivity contribution in [1.29, 1.82) is 0 Å². The number of halogens is 1. The van der Waals surface area contributed by atoms with Crippen LogP contribution in [0.4, 0.5) is 5.13 Å². The van der Waals surface area contributed by atoms with E-state index in [1.807, 2.05) is 42.5 Å². The van der Waals surface area contributed by atoms with E-state index >= 15 is 0 Å². The Kier molecular flexibility index (Phi) is 8.43. The zero-order valence-corrected chi connectivity index (χ0v) is 19.5. The van der Waals surface area contributed by atoms with Gasteiger partial charge in [-0.25, -0.2) is 4.98 Å². The van der Waals surface area contributed by atoms with Crippen LogP contribution in [0.15, 0.2) is 57.4 Å². The molecule has 0 amide bonds. The van der Waals surface area contributed by atoms with Crippen molar-refractivity contribution in [3.05, 3.63) is 69.1 Å². The number of thiazole rings is 1. The summed E-state index contributed by atoms with van der Waals surface area (Å²) in [7, 11) is 1.60. The van der Waals surface area contributed by atoms with E-state index in [1.165, 1.54) is 11.3 Å². The van der Waals surface area contributed by atoms with E-state index in [9.17, 15) is 4.79 Å². The number of carbonyl (C=O) groups is 1. The highest BCUT2D eigenvalue weighted by atomic mass is 79.9. The van der Waals surface area contributed by atoms with E-state index in [0.29, 0.717) is 35.5 Å². The summed E-state index contributed by atoms with van der Waals surface area (Å²) >= 11 is 4.83. The molecule has 0 radical (unpaired) electrons. The first-order valence-electron chi connectivity index (χ1n) is 9.51. The van der Waals surface area contributed by atoms with Gasteiger partial charge in [-0.3, -0.25) is 10.2 Å². The molecule has 0 unspecified atom stereocenters. The molecule has 7 nitrogen and oxygen atoms in total. The molecule has 0 aliphatic rings. The Labute approximate surface area is 193 Å². The summed E-state index contributed by atoms with van der Waals surface area (Å²) in [4.78, 5) is 15.9. The van der Waals surface area contributed by atoms with E-state index in [0.717, 1.165) is 15.6 Å². The molecule has 3 aromatic rings. The van der Waals surface area contributed by atoms with Crippen LogP contribution in [0.5, 0.6) is 11.5 Å². The molecule has 9 heteroatoms. The minimum atomic E-state index is -0.295. The van der Waals surface area contributed by atoms with Gasteiger partial charge in [0.25, 0.3) is 0 Å². The number of hydrazone groups is 1. The van der Waals surface area contributed by atoms with Gasteiger partial charge in [-0.05, 0) is 48.4 Å². The van der Waals surface area contributed by atoms with Gasteiger partial charge < -0.3 is 14.2 Å². The maximum absolute atomic E-state index is 11.5. The van der Waals surface area contributed by atoms with Gasteiger partial charge in [-0.2, -0.15) is 5.10 Å². The lowest BCUT2D eigenvalue weighted by Crippen LogP contribution is -2.07. The van der Waals surface area contributed by atoms with Crippen LogP contribution in [-0.2, 0) is 22.6 Å². The largest absolute Gasteiger partial charge is 0.493 e. The maximum Gasteiger partial charge on any atom is 0.311 e. The van der Waals surface area contributed by atoms with Gasteiger partial charge in [0.05, 0.1) is 32.0 Å². The predicted octanol–water partition coefficient (Wildman–Crippen LogP) is 5.04. The van der Waals surface area contributed by atoms with Gasteiger partial charge >= 0.3 is 5.97 Å². The predicted molar refractivity (Wildman–Crippen MR) is 125 cm³/mol. The fraction of sp³-hybridized carbons (Fsp3) is 0.227. The lowest BCUT2D eigenvalue weighted by Gasteiger charge is -2.11. The second kappa shape index (κ2) is 11.5. The minimum absolute atomic E-state index is 0.146. The van der Waals surface area contributed by atoms with E-state index in [1.54, 1.807) is 25.6 Å². The SMILES string of the molecule is CCOC(=O)Cc1csc(NN=Cc2ccc(OC)c(OCc3cccc(Br)c3)c2)n1. The normalized spacial score (nSPS) is 10.8. The molecule has 31 heavy (non-hydrogen) atoms. The number of aromatic nitrogens is 1. The Bertz CT molecular complexity index is 1050. The summed E-state index contributed by atoms with van der Waals surface area (Å²) in [6.45, 7) is 2.54. The monoisotopic (exact) mass is 503 g/mol. The number of ether oxygens (including phenoxy) is 3. The number of esters is 1. The molecule has 0 fully saturated rings. The number of methoxy groups -OCH3 is 1. The molecule has 1 heterocycles. The first-order chi connectivity index (χ1) is 15.1. The fourth-order valence-corrected chi connectivity index (χ4v) is 3.74. The van der Waals surface area contributed by atoms with Crippen LogP contribution < -0.4 is 14.9 Å². The van der Waals surface area contributed by atoms with Crippen LogP contribution in [0.2, 0.25) is 0 Å². The summed E-state index contributed by atoms with van der Waals surface area (Å²) < 4.78 is 17.3. The summed E-state index contributed by atoms with van der Waals surface area (Å²) in [5.74, 6) is 0.970. The van der Waals surface area contributed by atoms with Crippen molar-refractivity contribution in [2.45, 2.75) is 20.0 Å². The quantitative estimate of drug-likeness (QED) is 0.237. The third-order valence-electron chi connectivity index (χ3n) is 4.03. The topological polar surface area (TPSA) is 82.0 Å². The molecular formula is C22H22BrN3O4S. The van der Waals surface area contributed by atoms with E-state index < -0.39 is 0 Å². The van der Waals surface area contributed by atoms with Crippen LogP contribution in [-0.4, -0.2) is 30.9 Å². The Hall–Kier alpha value is -2.91. The van der Waals surface area contributed by atoms with Crippen LogP contribution in [0, 0.1) is 0 Å². The number of benzene rings is 2. The van der Waals surface area contributed by atoms with Gasteiger partial charge in [-0.15, -0.1) is 11.3 Å². The Morgan fingerprint density at radius 2 is 2.13 bits per heavy atom. The summed E-state index contributed by atoms with van der Waals surface area (Å²) in [5, 5.41) is 6.62. The molecule has 162 valence electrons. The standard InChI is InChI=1S/C22H22BrN3O4S/c1-3-29-21(27)11-18-14-31-22(25-18)26-24-12-15-7-8-19(28-2)20(10-15)30-13-16-5-4-6-17(23)9-16/h4-10,12,14H,3,11,13H2,1-2H3,(H,25,26). The highest BCUT2D eigenvalue weighted by Gasteiger charge is 2.08. The zero-order valence-electron chi connectivity index (χ0n) is 17.1. The average molecular weight is 504 g/mol. The van der Waals surface area contributed by atoms with Crippen molar-refractivity contribution in [3.63, 3.8) is 0 Å². The Morgan fingerprint density at radius 3 is 2.90 bits per heavy atom. The van der Waals surface area contributed by atoms with Gasteiger partial charge in [0.2, 0.25) is 5.13 Å². The fourth-order valence-electron chi connectivity index (χ4n) is 2.64. The molecule has 0 saturated carbocycles. The lowest BCUT2D eigenvalue weighted by atomic mass is 10.2. The third kappa shape index (κ3) is 7.08. The number of nitrogens with zero attached hydrogens (tertiary/aromatic N) is 2. The Balaban J connectivity index is 1.61. The molecule has 1 aromatic heterocycles. The van der Waals surface area contributed by atoms with Gasteiger partial charge in [0, 0.05) is 9.85 Å². The van der Waals surface area contributed by atoms with Gasteiger partial charge in [0.1, 0.15) is 6.61 Å². The van der Waals surface area contributed by atoms with Crippen LogP contribution in [0.1, 0.15) is 23.7 Å². The summed E-state index contributed by atoms with van der Waals surface area (Å²) in [6.07, 6.45) is 1.81. The molecule has 3 rings (SSSR count). The molecule has 0 aliphatic heterocycles. The second-order valence-corrected chi connectivity index (χ2v) is 8.10. The average Bonchev–Trinajstić information content (AvgIpc) is 3.19. The highest BCUT2D eigenvalue weighted by molar-refractivity contribution is 9.10. The molecule has 0 atom stereocenters. The molecule has 1 N–H and O–H groups in total. The van der Waals surface area contributed by atoms with E-state index in [4.69, 9.17) is 14.2 Å². The maximum atomic E-state index is 11.5. The smallest absolute Gasteiger partial charge is 0.311 e. The molecular weight excluding hydrogens is 482 g/mol. The van der Waals surface area contributed by atoms with Gasteiger partial charge in [0.15, 0.2) is 11.5 Å². The number of anilines is 1. The van der Waals surface area contributed by atoms with Crippen LogP contribution in [0.3, 0.4) is 0 Å². The van der Waals surface area contributed by atoms with Crippen LogP contribution >= 0.6 is 27.3 Å². The molecule has 0 saturated heterocycles. The van der Waals surface area contributed by atoms with E-state index in [-0.39, 0.29) is 12.4 Å². The zero-order chi connectivity index (χ0) is 22.1. The van der Waals surface area contributed by atoms with Crippen molar-refractivity contribution in [2.75, 3.05) is 19.1 Å². The second-order valence-electron chi connectivity index (χ2n) is 6.32. The molecule has 0 spiro atoms. The first kappa shape index (κ1) is 22.8. The molecule has 2 aromatic carbocycles. The minimum Gasteiger partial charge on any atom is -0.493 e. The van der Waals surface area contributed by atoms with Crippen molar-refractivity contribution in [2.24, 2.45) is 5.10 Å². The number of rotatable bonds is 10. The number of hydrogen-bond donors (Lipinski definition) is 1. The van der Waals surface area contributed by atoms with Gasteiger partial charge in [-0.1, -0.05) is 28.1 Å². The lowest BCUT2D eigenvalue weighted by molar-refractivity contribution is -0.142. The third-order valence-corrected chi connectivity index (χ3v) is 5.32. The number of carbonyl (C=O) groups excluding carboxylic acids is 1. The highest BCUT2D eigenvalue weighted by Crippen LogP contribution is 2.28. The molecule has 0 aliphatic carbocycles. The van der Waals surface area contributed by atoms with Crippen molar-refractivity contribution >= 4 is 44.6 Å². The van der Waals surface area contributed by atoms with Crippen molar-refractivity contribution < 1.29 is 19.0 Å². The summed E-state index contributed by atoms with van der Waals surface area (Å²) in [6, 6.07) is 13.5. The first-order valence-corrected chi connectivity index (χ1v) is 11.2. The van der Waals surface area contributed by atoms with Crippen molar-refractivity contribution in [3.8, 4) is 11.5 Å². The Morgan fingerprint density at radius 1 is 1.26 bits per heavy atom. The molecule has 0 bridgehead atoms. The number of nitrogens with one attached hydrogen (secondary N) is 1. The van der Waals surface area contributed by atoms with Crippen LogP contribution in [0.25, 0.3) is 0 Å².